The summed E-state index contributed by atoms with van der Waals surface area (Å²) >= 11 is 0. The van der Waals surface area contributed by atoms with Crippen molar-refractivity contribution in [2.24, 2.45) is 11.7 Å². The minimum atomic E-state index is -4.57. The number of amides is 3. The molecule has 33 heavy (non-hydrogen) atoms. The van der Waals surface area contributed by atoms with Crippen molar-refractivity contribution in [2.75, 3.05) is 23.8 Å². The molecule has 0 spiro atoms. The highest BCUT2D eigenvalue weighted by atomic mass is 19.4. The van der Waals surface area contributed by atoms with E-state index < -0.39 is 36.6 Å². The van der Waals surface area contributed by atoms with E-state index in [0.717, 1.165) is 4.90 Å². The fourth-order valence-corrected chi connectivity index (χ4v) is 3.62. The number of rotatable bonds is 7. The number of carbonyl (C=O) groups is 2. The van der Waals surface area contributed by atoms with Crippen LogP contribution in [0.25, 0.3) is 22.2 Å². The Balaban J connectivity index is 2.07. The molecule has 0 aliphatic carbocycles. The zero-order valence-electron chi connectivity index (χ0n) is 18.2. The molecule has 0 aliphatic rings. The number of halogens is 3. The van der Waals surface area contributed by atoms with Crippen molar-refractivity contribution in [3.8, 4) is 11.1 Å². The molecule has 9 nitrogen and oxygen atoms in total. The molecule has 0 aromatic carbocycles. The van der Waals surface area contributed by atoms with Crippen LogP contribution >= 0.6 is 0 Å². The molecule has 3 aromatic rings. The Bertz CT molecular complexity index is 1160. The molecule has 0 radical (unpaired) electrons. The second kappa shape index (κ2) is 9.35. The van der Waals surface area contributed by atoms with Crippen LogP contribution in [0.15, 0.2) is 36.9 Å². The second-order valence-corrected chi connectivity index (χ2v) is 7.79. The maximum atomic E-state index is 13.4. The SMILES string of the molecule is CNC(=O)Nc1cnc2[nH]cc(-c3cncc(N(CC(F)(F)F)[C@H](C(N)=O)C(C)C)c3)c2c1. The van der Waals surface area contributed by atoms with Gasteiger partial charge in [-0.2, -0.15) is 13.2 Å². The van der Waals surface area contributed by atoms with Gasteiger partial charge in [0.25, 0.3) is 0 Å². The lowest BCUT2D eigenvalue weighted by atomic mass is 10.0. The molecular weight excluding hydrogens is 439 g/mol. The minimum absolute atomic E-state index is 0.101. The summed E-state index contributed by atoms with van der Waals surface area (Å²) in [4.78, 5) is 35.9. The van der Waals surface area contributed by atoms with Crippen molar-refractivity contribution in [1.82, 2.24) is 20.3 Å². The number of nitrogens with zero attached hydrogens (tertiary/aromatic N) is 3. The summed E-state index contributed by atoms with van der Waals surface area (Å²) in [7, 11) is 1.48. The molecule has 0 saturated heterocycles. The molecule has 3 heterocycles. The number of pyridine rings is 2. The second-order valence-electron chi connectivity index (χ2n) is 7.79. The van der Waals surface area contributed by atoms with Crippen LogP contribution in [0.5, 0.6) is 0 Å². The molecule has 0 aliphatic heterocycles. The van der Waals surface area contributed by atoms with Gasteiger partial charge in [-0.3, -0.25) is 9.78 Å². The highest BCUT2D eigenvalue weighted by Crippen LogP contribution is 2.33. The van der Waals surface area contributed by atoms with Crippen LogP contribution in [0.3, 0.4) is 0 Å². The van der Waals surface area contributed by atoms with Crippen LogP contribution in [0, 0.1) is 5.92 Å². The normalized spacial score (nSPS) is 12.6. The maximum absolute atomic E-state index is 13.4. The summed E-state index contributed by atoms with van der Waals surface area (Å²) in [6.07, 6.45) is 1.30. The first-order valence-electron chi connectivity index (χ1n) is 10.0. The average molecular weight is 463 g/mol. The molecule has 3 amide bonds. The van der Waals surface area contributed by atoms with Crippen LogP contribution < -0.4 is 21.3 Å². The molecular formula is C21H24F3N7O2. The summed E-state index contributed by atoms with van der Waals surface area (Å²) in [5.74, 6) is -1.33. The Morgan fingerprint density at radius 3 is 2.55 bits per heavy atom. The smallest absolute Gasteiger partial charge is 0.368 e. The highest BCUT2D eigenvalue weighted by Gasteiger charge is 2.37. The lowest BCUT2D eigenvalue weighted by molar-refractivity contribution is -0.126. The van der Waals surface area contributed by atoms with E-state index in [1.54, 1.807) is 26.1 Å². The van der Waals surface area contributed by atoms with Crippen LogP contribution in [0.4, 0.5) is 29.3 Å². The number of H-pyrrole nitrogens is 1. The number of fused-ring (bicyclic) bond motifs is 1. The summed E-state index contributed by atoms with van der Waals surface area (Å²) in [6.45, 7) is 1.89. The molecule has 176 valence electrons. The third-order valence-electron chi connectivity index (χ3n) is 4.99. The van der Waals surface area contributed by atoms with Gasteiger partial charge in [0.1, 0.15) is 18.2 Å². The number of nitrogens with one attached hydrogen (secondary N) is 3. The van der Waals surface area contributed by atoms with Gasteiger partial charge in [-0.15, -0.1) is 0 Å². The van der Waals surface area contributed by atoms with E-state index in [-0.39, 0.29) is 5.69 Å². The van der Waals surface area contributed by atoms with Crippen molar-refractivity contribution in [2.45, 2.75) is 26.1 Å². The molecule has 5 N–H and O–H groups in total. The topological polar surface area (TPSA) is 129 Å². The lowest BCUT2D eigenvalue weighted by Crippen LogP contribution is -2.51. The van der Waals surface area contributed by atoms with E-state index in [1.165, 1.54) is 31.7 Å². The maximum Gasteiger partial charge on any atom is 0.405 e. The molecule has 0 saturated carbocycles. The van der Waals surface area contributed by atoms with E-state index in [0.29, 0.717) is 27.8 Å². The number of hydrogen-bond acceptors (Lipinski definition) is 5. The number of carbonyl (C=O) groups excluding carboxylic acids is 2. The monoisotopic (exact) mass is 463 g/mol. The average Bonchev–Trinajstić information content (AvgIpc) is 3.15. The van der Waals surface area contributed by atoms with Gasteiger partial charge in [-0.1, -0.05) is 13.8 Å². The van der Waals surface area contributed by atoms with E-state index >= 15 is 0 Å². The Kier molecular flexibility index (Phi) is 6.75. The van der Waals surface area contributed by atoms with E-state index in [9.17, 15) is 22.8 Å². The van der Waals surface area contributed by atoms with Crippen molar-refractivity contribution < 1.29 is 22.8 Å². The first-order chi connectivity index (χ1) is 15.5. The van der Waals surface area contributed by atoms with Gasteiger partial charge < -0.3 is 26.3 Å². The first-order valence-corrected chi connectivity index (χ1v) is 10.0. The van der Waals surface area contributed by atoms with Crippen LogP contribution in [-0.4, -0.2) is 52.7 Å². The molecule has 0 fully saturated rings. The minimum Gasteiger partial charge on any atom is -0.368 e. The zero-order chi connectivity index (χ0) is 24.3. The van der Waals surface area contributed by atoms with E-state index in [1.807, 2.05) is 0 Å². The van der Waals surface area contributed by atoms with Gasteiger partial charge in [0.05, 0.1) is 23.8 Å². The number of alkyl halides is 3. The molecule has 12 heteroatoms. The fourth-order valence-electron chi connectivity index (χ4n) is 3.62. The molecule has 3 rings (SSSR count). The van der Waals surface area contributed by atoms with E-state index in [2.05, 4.69) is 25.6 Å². The summed E-state index contributed by atoms with van der Waals surface area (Å²) in [5.41, 5.74) is 7.60. The Labute approximate surface area is 187 Å². The quantitative estimate of drug-likeness (QED) is 0.428. The highest BCUT2D eigenvalue weighted by molar-refractivity contribution is 5.98. The number of nitrogens with two attached hydrogens (primary N) is 1. The molecule has 0 unspecified atom stereocenters. The summed E-state index contributed by atoms with van der Waals surface area (Å²) < 4.78 is 40.1. The largest absolute Gasteiger partial charge is 0.405 e. The third-order valence-corrected chi connectivity index (χ3v) is 4.99. The van der Waals surface area contributed by atoms with Crippen molar-refractivity contribution in [3.05, 3.63) is 36.9 Å². The molecule has 1 atom stereocenters. The van der Waals surface area contributed by atoms with Crippen molar-refractivity contribution in [1.29, 1.82) is 0 Å². The van der Waals surface area contributed by atoms with Crippen LogP contribution in [0.2, 0.25) is 0 Å². The molecule has 0 bridgehead atoms. The predicted octanol–water partition coefficient (Wildman–Crippen LogP) is 3.25. The summed E-state index contributed by atoms with van der Waals surface area (Å²) in [6, 6.07) is 1.59. The van der Waals surface area contributed by atoms with Crippen LogP contribution in [-0.2, 0) is 4.79 Å². The Morgan fingerprint density at radius 1 is 1.21 bits per heavy atom. The fraction of sp³-hybridized carbons (Fsp3) is 0.333. The van der Waals surface area contributed by atoms with Gasteiger partial charge >= 0.3 is 12.2 Å². The number of primary amides is 1. The van der Waals surface area contributed by atoms with Gasteiger partial charge in [0.2, 0.25) is 5.91 Å². The van der Waals surface area contributed by atoms with Crippen molar-refractivity contribution in [3.63, 3.8) is 0 Å². The van der Waals surface area contributed by atoms with Gasteiger partial charge in [0.15, 0.2) is 0 Å². The predicted molar refractivity (Wildman–Crippen MR) is 119 cm³/mol. The van der Waals surface area contributed by atoms with Crippen molar-refractivity contribution >= 4 is 34.3 Å². The first kappa shape index (κ1) is 23.8. The number of urea groups is 1. The molecule has 3 aromatic heterocycles. The van der Waals surface area contributed by atoms with Gasteiger partial charge in [0, 0.05) is 36.0 Å². The standard InChI is InChI=1S/C21H24F3N7O2/c1-11(2)17(18(25)32)31(10-21(22,23)24)14-4-12(6-27-8-14)16-9-29-19-15(16)5-13(7-28-19)30-20(33)26-3/h4-9,11,17H,10H2,1-3H3,(H2,25,32)(H,28,29)(H2,26,30,33)/t17-/m0/s1. The number of aromatic nitrogens is 3. The lowest BCUT2D eigenvalue weighted by Gasteiger charge is -2.34. The number of aromatic amines is 1. The zero-order valence-corrected chi connectivity index (χ0v) is 18.2. The summed E-state index contributed by atoms with van der Waals surface area (Å²) in [5, 5.41) is 5.68. The number of hydrogen-bond donors (Lipinski definition) is 4. The van der Waals surface area contributed by atoms with E-state index in [4.69, 9.17) is 5.73 Å². The van der Waals surface area contributed by atoms with Gasteiger partial charge in [-0.25, -0.2) is 9.78 Å². The van der Waals surface area contributed by atoms with Crippen LogP contribution in [0.1, 0.15) is 13.8 Å². The number of anilines is 2. The third kappa shape index (κ3) is 5.51. The Hall–Kier alpha value is -3.83. The Morgan fingerprint density at radius 2 is 1.94 bits per heavy atom. The van der Waals surface area contributed by atoms with Gasteiger partial charge in [-0.05, 0) is 18.1 Å².